The summed E-state index contributed by atoms with van der Waals surface area (Å²) in [5.74, 6) is -0.738. The second-order valence-electron chi connectivity index (χ2n) is 6.09. The molecule has 19 heavy (non-hydrogen) atoms. The molecule has 1 saturated carbocycles. The largest absolute Gasteiger partial charge is 0.480 e. The topological polar surface area (TPSA) is 52.6 Å². The molecule has 1 rings (SSSR count). The van der Waals surface area contributed by atoms with Gasteiger partial charge in [0, 0.05) is 12.6 Å². The minimum Gasteiger partial charge on any atom is -0.480 e. The summed E-state index contributed by atoms with van der Waals surface area (Å²) in [6, 6.07) is 0.651. The van der Waals surface area contributed by atoms with Crippen molar-refractivity contribution in [2.24, 2.45) is 0 Å². The van der Waals surface area contributed by atoms with Gasteiger partial charge < -0.3 is 15.3 Å². The maximum absolute atomic E-state index is 11.4. The van der Waals surface area contributed by atoms with E-state index in [-0.39, 0.29) is 0 Å². The van der Waals surface area contributed by atoms with Gasteiger partial charge in [-0.2, -0.15) is 0 Å². The van der Waals surface area contributed by atoms with Crippen LogP contribution < -0.4 is 5.32 Å². The molecule has 0 aromatic heterocycles. The van der Waals surface area contributed by atoms with E-state index in [2.05, 4.69) is 24.2 Å². The van der Waals surface area contributed by atoms with Crippen molar-refractivity contribution in [1.29, 1.82) is 0 Å². The van der Waals surface area contributed by atoms with Crippen LogP contribution in [0.1, 0.15) is 58.8 Å². The summed E-state index contributed by atoms with van der Waals surface area (Å²) in [6.45, 7) is 5.48. The van der Waals surface area contributed by atoms with E-state index < -0.39 is 11.5 Å². The number of carbonyl (C=O) groups is 1. The summed E-state index contributed by atoms with van der Waals surface area (Å²) in [7, 11) is 2.14. The molecule has 4 nitrogen and oxygen atoms in total. The van der Waals surface area contributed by atoms with Gasteiger partial charge in [-0.3, -0.25) is 4.79 Å². The third-order valence-electron chi connectivity index (χ3n) is 4.40. The maximum Gasteiger partial charge on any atom is 0.323 e. The molecule has 0 saturated heterocycles. The molecule has 1 fully saturated rings. The molecule has 2 N–H and O–H groups in total. The normalized spacial score (nSPS) is 20.4. The number of carboxylic acid groups (broad SMARTS) is 1. The van der Waals surface area contributed by atoms with Gasteiger partial charge in [0.05, 0.1) is 0 Å². The quantitative estimate of drug-likeness (QED) is 0.711. The molecule has 4 heteroatoms. The Balaban J connectivity index is 2.43. The molecule has 0 radical (unpaired) electrons. The predicted octanol–water partition coefficient (Wildman–Crippen LogP) is 2.48. The molecule has 0 amide bonds. The lowest BCUT2D eigenvalue weighted by Crippen LogP contribution is -2.52. The molecule has 0 aromatic rings. The lowest BCUT2D eigenvalue weighted by molar-refractivity contribution is -0.144. The first-order valence-electron chi connectivity index (χ1n) is 7.68. The van der Waals surface area contributed by atoms with Crippen LogP contribution in [0.4, 0.5) is 0 Å². The Kier molecular flexibility index (Phi) is 6.80. The van der Waals surface area contributed by atoms with Crippen molar-refractivity contribution < 1.29 is 9.90 Å². The van der Waals surface area contributed by atoms with Gasteiger partial charge in [0.15, 0.2) is 0 Å². The second kappa shape index (κ2) is 7.85. The van der Waals surface area contributed by atoms with Crippen molar-refractivity contribution in [3.8, 4) is 0 Å². The highest BCUT2D eigenvalue weighted by Gasteiger charge is 2.32. The SMILES string of the molecule is CCCNC(C)(CCN(C)C1CCCCC1)C(=O)O. The highest BCUT2D eigenvalue weighted by atomic mass is 16.4. The van der Waals surface area contributed by atoms with Crippen molar-refractivity contribution in [3.05, 3.63) is 0 Å². The Bertz CT molecular complexity index is 277. The zero-order chi connectivity index (χ0) is 14.3. The fraction of sp³-hybridized carbons (Fsp3) is 0.933. The number of nitrogens with zero attached hydrogens (tertiary/aromatic N) is 1. The molecule has 0 aliphatic heterocycles. The van der Waals surface area contributed by atoms with Crippen molar-refractivity contribution in [2.45, 2.75) is 70.4 Å². The molecule has 0 spiro atoms. The van der Waals surface area contributed by atoms with Crippen LogP contribution in [0.3, 0.4) is 0 Å². The zero-order valence-electron chi connectivity index (χ0n) is 12.7. The van der Waals surface area contributed by atoms with Crippen LogP contribution in [-0.4, -0.2) is 47.7 Å². The van der Waals surface area contributed by atoms with Crippen molar-refractivity contribution >= 4 is 5.97 Å². The summed E-state index contributed by atoms with van der Waals surface area (Å²) in [6.07, 6.45) is 8.15. The molecular weight excluding hydrogens is 240 g/mol. The number of carboxylic acids is 1. The first-order valence-corrected chi connectivity index (χ1v) is 7.68. The van der Waals surface area contributed by atoms with E-state index in [9.17, 15) is 9.90 Å². The van der Waals surface area contributed by atoms with E-state index in [1.54, 1.807) is 6.92 Å². The minimum atomic E-state index is -0.793. The van der Waals surface area contributed by atoms with E-state index in [1.165, 1.54) is 32.1 Å². The average molecular weight is 270 g/mol. The van der Waals surface area contributed by atoms with Crippen LogP contribution >= 0.6 is 0 Å². The Morgan fingerprint density at radius 3 is 2.53 bits per heavy atom. The van der Waals surface area contributed by atoms with E-state index in [4.69, 9.17) is 0 Å². The van der Waals surface area contributed by atoms with E-state index in [0.717, 1.165) is 19.5 Å². The van der Waals surface area contributed by atoms with Gasteiger partial charge >= 0.3 is 5.97 Å². The number of rotatable bonds is 8. The van der Waals surface area contributed by atoms with E-state index in [1.807, 2.05) is 0 Å². The Morgan fingerprint density at radius 1 is 1.37 bits per heavy atom. The van der Waals surface area contributed by atoms with Crippen LogP contribution in [-0.2, 0) is 4.79 Å². The first kappa shape index (κ1) is 16.4. The molecule has 1 atom stereocenters. The molecular formula is C15H30N2O2. The molecule has 1 aliphatic rings. The summed E-state index contributed by atoms with van der Waals surface area (Å²) in [5, 5.41) is 12.6. The van der Waals surface area contributed by atoms with Crippen LogP contribution in [0, 0.1) is 0 Å². The van der Waals surface area contributed by atoms with Gasteiger partial charge in [0.25, 0.3) is 0 Å². The van der Waals surface area contributed by atoms with Crippen LogP contribution in [0.2, 0.25) is 0 Å². The molecule has 1 aliphatic carbocycles. The summed E-state index contributed by atoms with van der Waals surface area (Å²) < 4.78 is 0. The standard InChI is InChI=1S/C15H30N2O2/c1-4-11-16-15(2,14(18)19)10-12-17(3)13-8-6-5-7-9-13/h13,16H,4-12H2,1-3H3,(H,18,19). The first-order chi connectivity index (χ1) is 8.99. The molecule has 0 bridgehead atoms. The van der Waals surface area contributed by atoms with Gasteiger partial charge in [-0.25, -0.2) is 0 Å². The van der Waals surface area contributed by atoms with E-state index >= 15 is 0 Å². The highest BCUT2D eigenvalue weighted by Crippen LogP contribution is 2.22. The second-order valence-corrected chi connectivity index (χ2v) is 6.09. The van der Waals surface area contributed by atoms with Gasteiger partial charge in [-0.1, -0.05) is 26.2 Å². The fourth-order valence-corrected chi connectivity index (χ4v) is 2.78. The van der Waals surface area contributed by atoms with Crippen LogP contribution in [0.5, 0.6) is 0 Å². The number of aliphatic carboxylic acids is 1. The molecule has 112 valence electrons. The third kappa shape index (κ3) is 5.11. The van der Waals surface area contributed by atoms with Gasteiger partial charge in [-0.15, -0.1) is 0 Å². The van der Waals surface area contributed by atoms with Gasteiger partial charge in [0.1, 0.15) is 5.54 Å². The summed E-state index contributed by atoms with van der Waals surface area (Å²) in [5.41, 5.74) is -0.793. The monoisotopic (exact) mass is 270 g/mol. The number of nitrogens with one attached hydrogen (secondary N) is 1. The maximum atomic E-state index is 11.4. The predicted molar refractivity (Wildman–Crippen MR) is 78.5 cm³/mol. The Hall–Kier alpha value is -0.610. The smallest absolute Gasteiger partial charge is 0.323 e. The Labute approximate surface area is 117 Å². The highest BCUT2D eigenvalue weighted by molar-refractivity contribution is 5.78. The third-order valence-corrected chi connectivity index (χ3v) is 4.40. The van der Waals surface area contributed by atoms with Crippen molar-refractivity contribution in [3.63, 3.8) is 0 Å². The number of hydrogen-bond donors (Lipinski definition) is 2. The van der Waals surface area contributed by atoms with E-state index in [0.29, 0.717) is 12.5 Å². The Morgan fingerprint density at radius 2 is 2.00 bits per heavy atom. The summed E-state index contributed by atoms with van der Waals surface area (Å²) >= 11 is 0. The van der Waals surface area contributed by atoms with Crippen LogP contribution in [0.25, 0.3) is 0 Å². The van der Waals surface area contributed by atoms with Gasteiger partial charge in [-0.05, 0) is 46.2 Å². The van der Waals surface area contributed by atoms with Gasteiger partial charge in [0.2, 0.25) is 0 Å². The van der Waals surface area contributed by atoms with Crippen molar-refractivity contribution in [2.75, 3.05) is 20.1 Å². The average Bonchev–Trinajstić information content (AvgIpc) is 2.43. The lowest BCUT2D eigenvalue weighted by atomic mass is 9.93. The van der Waals surface area contributed by atoms with Crippen molar-refractivity contribution in [1.82, 2.24) is 10.2 Å². The fourth-order valence-electron chi connectivity index (χ4n) is 2.78. The molecule has 0 heterocycles. The van der Waals surface area contributed by atoms with Crippen LogP contribution in [0.15, 0.2) is 0 Å². The minimum absolute atomic E-state index is 0.651. The molecule has 1 unspecified atom stereocenters. The number of hydrogen-bond acceptors (Lipinski definition) is 3. The molecule has 0 aromatic carbocycles. The zero-order valence-corrected chi connectivity index (χ0v) is 12.7. The lowest BCUT2D eigenvalue weighted by Gasteiger charge is -2.34. The summed E-state index contributed by atoms with van der Waals surface area (Å²) in [4.78, 5) is 13.8.